The Morgan fingerprint density at radius 1 is 0.781 bits per heavy atom. The number of amides is 4. The predicted octanol–water partition coefficient (Wildman–Crippen LogP) is 8.97. The second-order valence-corrected chi connectivity index (χ2v) is 24.3. The average molecular weight is 899 g/mol. The number of halogens is 2. The molecule has 5 atom stereocenters. The van der Waals surface area contributed by atoms with Crippen LogP contribution in [0, 0.1) is 17.7 Å². The molecular formula is C47H60F2N8O6Si. The summed E-state index contributed by atoms with van der Waals surface area (Å²) >= 11 is 0. The van der Waals surface area contributed by atoms with Gasteiger partial charge in [-0.25, -0.2) is 28.3 Å². The number of carbonyl (C=O) groups excluding carboxylic acids is 4. The maximum Gasteiger partial charge on any atom is 0.408 e. The number of alkyl halides is 1. The number of rotatable bonds is 12. The van der Waals surface area contributed by atoms with E-state index in [9.17, 15) is 19.2 Å². The zero-order valence-corrected chi connectivity index (χ0v) is 39.2. The van der Waals surface area contributed by atoms with Crippen LogP contribution < -0.4 is 10.6 Å². The Morgan fingerprint density at radius 3 is 2.02 bits per heavy atom. The monoisotopic (exact) mass is 898 g/mol. The van der Waals surface area contributed by atoms with Crippen molar-refractivity contribution in [1.29, 1.82) is 0 Å². The van der Waals surface area contributed by atoms with Crippen LogP contribution in [0.5, 0.6) is 0 Å². The second kappa shape index (κ2) is 18.3. The molecular weight excluding hydrogens is 839 g/mol. The number of aromatic nitrogens is 4. The number of likely N-dealkylation sites (tertiary alicyclic amines) is 1. The maximum absolute atomic E-state index is 16.1. The lowest BCUT2D eigenvalue weighted by Crippen LogP contribution is -2.52. The molecule has 4 N–H and O–H groups in total. The molecule has 2 fully saturated rings. The molecule has 4 amide bonds. The third-order valence-electron chi connectivity index (χ3n) is 11.9. The van der Waals surface area contributed by atoms with E-state index >= 15 is 8.78 Å². The summed E-state index contributed by atoms with van der Waals surface area (Å²) in [5.74, 6) is -0.436. The molecule has 342 valence electrons. The maximum atomic E-state index is 16.1. The van der Waals surface area contributed by atoms with Gasteiger partial charge in [-0.3, -0.25) is 9.59 Å². The van der Waals surface area contributed by atoms with Crippen LogP contribution in [0.1, 0.15) is 85.5 Å². The largest absolute Gasteiger partial charge is 0.447 e. The van der Waals surface area contributed by atoms with E-state index < -0.39 is 56.3 Å². The molecule has 3 aromatic carbocycles. The molecule has 5 aromatic rings. The zero-order valence-electron chi connectivity index (χ0n) is 38.2. The average Bonchev–Trinajstić information content (AvgIpc) is 4.02. The molecule has 0 aliphatic carbocycles. The Kier molecular flexibility index (Phi) is 13.2. The third kappa shape index (κ3) is 9.78. The van der Waals surface area contributed by atoms with Gasteiger partial charge >= 0.3 is 12.2 Å². The van der Waals surface area contributed by atoms with Gasteiger partial charge in [0, 0.05) is 29.1 Å². The number of alkyl carbamates (subject to hydrolysis) is 2. The molecule has 64 heavy (non-hydrogen) atoms. The Morgan fingerprint density at radius 2 is 1.41 bits per heavy atom. The summed E-state index contributed by atoms with van der Waals surface area (Å²) in [4.78, 5) is 72.5. The molecule has 2 saturated heterocycles. The Bertz CT molecular complexity index is 2560. The molecule has 2 aliphatic rings. The van der Waals surface area contributed by atoms with E-state index in [1.807, 2.05) is 69.0 Å². The molecule has 0 spiro atoms. The van der Waals surface area contributed by atoms with Crippen LogP contribution in [0.25, 0.3) is 44.2 Å². The number of imidazole rings is 2. The molecule has 0 radical (unpaired) electrons. The first-order valence-corrected chi connectivity index (χ1v) is 25.6. The van der Waals surface area contributed by atoms with Crippen molar-refractivity contribution >= 4 is 53.9 Å². The van der Waals surface area contributed by atoms with Crippen molar-refractivity contribution in [1.82, 2.24) is 40.4 Å². The minimum absolute atomic E-state index is 0.0525. The molecule has 2 aliphatic heterocycles. The van der Waals surface area contributed by atoms with Gasteiger partial charge < -0.3 is 39.9 Å². The van der Waals surface area contributed by atoms with Gasteiger partial charge in [-0.1, -0.05) is 71.1 Å². The van der Waals surface area contributed by atoms with E-state index in [0.717, 1.165) is 16.8 Å². The number of H-pyrrole nitrogens is 2. The van der Waals surface area contributed by atoms with Gasteiger partial charge in [-0.15, -0.1) is 0 Å². The SMILES string of the molecule is CC(C)OC(=O)N[C@H](C(=O)N1C[Si](C)(C)C[C@@H]1c1ncc(-c2ccc(-c3ccc4c(ccc5[nH]c([C@H]6C[C@H](F)CN6C(=O)[C@@H](NC(=O)OC(C)C)C(C)C)nc54)c3)c(F)c2)[nH]1)C(C)C. The lowest BCUT2D eigenvalue weighted by molar-refractivity contribution is -0.136. The standard InChI is InChI=1S/C47H60F2N8O6Si/c1-24(2)39(54-46(60)62-26(5)6)44(58)56-21-31(48)19-37(56)43-51-35-16-13-29-17-28(11-15-33(29)41(35)53-43)32-14-12-30(18-34(32)49)36-20-50-42(52-36)38-22-64(9,10)23-57(38)45(59)40(25(3)4)55-47(61)63-27(7)8/h11-18,20,24-27,31,37-40H,19,21-23H2,1-10H3,(H,50,52)(H,51,53)(H,54,60)(H,55,61)/t31-,37+,38+,39-,40-/m0/s1. The normalized spacial score (nSPS) is 19.6. The summed E-state index contributed by atoms with van der Waals surface area (Å²) in [7, 11) is -1.86. The molecule has 0 bridgehead atoms. The fourth-order valence-electron chi connectivity index (χ4n) is 8.88. The summed E-state index contributed by atoms with van der Waals surface area (Å²) < 4.78 is 41.7. The quantitative estimate of drug-likeness (QED) is 0.0898. The summed E-state index contributed by atoms with van der Waals surface area (Å²) in [6.07, 6.45) is -0.993. The van der Waals surface area contributed by atoms with Crippen LogP contribution in [0.2, 0.25) is 19.1 Å². The highest BCUT2D eigenvalue weighted by molar-refractivity contribution is 6.78. The summed E-state index contributed by atoms with van der Waals surface area (Å²) in [5, 5.41) is 7.06. The molecule has 17 heteroatoms. The lowest BCUT2D eigenvalue weighted by atomic mass is 9.98. The Labute approximate surface area is 373 Å². The van der Waals surface area contributed by atoms with Crippen LogP contribution in [0.15, 0.2) is 54.7 Å². The highest BCUT2D eigenvalue weighted by atomic mass is 28.3. The van der Waals surface area contributed by atoms with E-state index in [2.05, 4.69) is 33.7 Å². The predicted molar refractivity (Wildman–Crippen MR) is 244 cm³/mol. The van der Waals surface area contributed by atoms with E-state index in [-0.39, 0.29) is 49.0 Å². The zero-order chi connectivity index (χ0) is 46.4. The molecule has 0 unspecified atom stereocenters. The number of nitrogens with zero attached hydrogens (tertiary/aromatic N) is 4. The van der Waals surface area contributed by atoms with Crippen molar-refractivity contribution in [2.24, 2.45) is 11.8 Å². The highest BCUT2D eigenvalue weighted by Crippen LogP contribution is 2.40. The molecule has 7 rings (SSSR count). The van der Waals surface area contributed by atoms with Crippen LogP contribution in [0.4, 0.5) is 18.4 Å². The van der Waals surface area contributed by atoms with E-state index in [1.165, 1.54) is 11.0 Å². The van der Waals surface area contributed by atoms with Gasteiger partial charge in [-0.05, 0) is 74.7 Å². The molecule has 4 heterocycles. The second-order valence-electron chi connectivity index (χ2n) is 19.2. The first-order chi connectivity index (χ1) is 30.2. The van der Waals surface area contributed by atoms with Gasteiger partial charge in [0.05, 0.1) is 61.8 Å². The lowest BCUT2D eigenvalue weighted by Gasteiger charge is -2.30. The van der Waals surface area contributed by atoms with Crippen LogP contribution in [0.3, 0.4) is 0 Å². The Hall–Kier alpha value is -5.84. The van der Waals surface area contributed by atoms with Crippen LogP contribution in [-0.2, 0) is 19.1 Å². The smallest absolute Gasteiger partial charge is 0.408 e. The van der Waals surface area contributed by atoms with Crippen LogP contribution in [-0.4, -0.2) is 105 Å². The number of carbonyl (C=O) groups is 4. The van der Waals surface area contributed by atoms with Gasteiger partial charge in [0.25, 0.3) is 0 Å². The number of aromatic amines is 2. The first-order valence-electron chi connectivity index (χ1n) is 22.2. The fourth-order valence-corrected chi connectivity index (χ4v) is 11.8. The summed E-state index contributed by atoms with van der Waals surface area (Å²) in [5.41, 5.74) is 3.61. The summed E-state index contributed by atoms with van der Waals surface area (Å²) in [6, 6.07) is 12.5. The van der Waals surface area contributed by atoms with E-state index in [1.54, 1.807) is 40.0 Å². The first kappa shape index (κ1) is 46.2. The number of hydrogen-bond donors (Lipinski definition) is 4. The summed E-state index contributed by atoms with van der Waals surface area (Å²) in [6.45, 7) is 18.7. The van der Waals surface area contributed by atoms with Crippen molar-refractivity contribution in [3.8, 4) is 22.4 Å². The van der Waals surface area contributed by atoms with Gasteiger partial charge in [0.1, 0.15) is 35.7 Å². The number of hydrogen-bond acceptors (Lipinski definition) is 8. The van der Waals surface area contributed by atoms with Crippen molar-refractivity contribution in [3.63, 3.8) is 0 Å². The number of ether oxygens (including phenoxy) is 2. The fraction of sp³-hybridized carbons (Fsp3) is 0.489. The Balaban J connectivity index is 1.10. The minimum atomic E-state index is -1.86. The van der Waals surface area contributed by atoms with E-state index in [0.29, 0.717) is 51.2 Å². The van der Waals surface area contributed by atoms with Crippen molar-refractivity contribution in [2.45, 2.75) is 123 Å². The molecule has 0 saturated carbocycles. The highest BCUT2D eigenvalue weighted by Gasteiger charge is 2.46. The topological polar surface area (TPSA) is 175 Å². The van der Waals surface area contributed by atoms with Crippen molar-refractivity contribution in [3.05, 3.63) is 72.2 Å². The minimum Gasteiger partial charge on any atom is -0.447 e. The van der Waals surface area contributed by atoms with Crippen molar-refractivity contribution in [2.75, 3.05) is 12.7 Å². The number of fused-ring (bicyclic) bond motifs is 3. The van der Waals surface area contributed by atoms with Gasteiger partial charge in [-0.2, -0.15) is 0 Å². The molecule has 2 aromatic heterocycles. The number of nitrogens with one attached hydrogen (secondary N) is 4. The third-order valence-corrected chi connectivity index (χ3v) is 14.6. The molecule has 14 nitrogen and oxygen atoms in total. The van der Waals surface area contributed by atoms with Gasteiger partial charge in [0.2, 0.25) is 11.8 Å². The number of benzene rings is 3. The van der Waals surface area contributed by atoms with Crippen LogP contribution >= 0.6 is 0 Å². The van der Waals surface area contributed by atoms with Gasteiger partial charge in [0.15, 0.2) is 0 Å². The van der Waals surface area contributed by atoms with E-state index in [4.69, 9.17) is 19.4 Å². The van der Waals surface area contributed by atoms with Crippen molar-refractivity contribution < 1.29 is 37.4 Å².